The lowest BCUT2D eigenvalue weighted by atomic mass is 10.1. The van der Waals surface area contributed by atoms with Gasteiger partial charge in [-0.3, -0.25) is 0 Å². The van der Waals surface area contributed by atoms with Gasteiger partial charge < -0.3 is 9.66 Å². The molecule has 104 valence electrons. The summed E-state index contributed by atoms with van der Waals surface area (Å²) in [6.45, 7) is 0.276. The van der Waals surface area contributed by atoms with Crippen LogP contribution in [0.2, 0.25) is 0 Å². The van der Waals surface area contributed by atoms with Crippen LogP contribution in [-0.4, -0.2) is 30.2 Å². The van der Waals surface area contributed by atoms with Crippen molar-refractivity contribution in [2.24, 2.45) is 0 Å². The lowest BCUT2D eigenvalue weighted by Crippen LogP contribution is -2.21. The molecule has 0 saturated carbocycles. The van der Waals surface area contributed by atoms with Gasteiger partial charge in [-0.1, -0.05) is 0 Å². The Morgan fingerprint density at radius 2 is 1.72 bits per heavy atom. The van der Waals surface area contributed by atoms with Crippen molar-refractivity contribution < 1.29 is 36.2 Å². The smallest absolute Gasteiger partial charge is 0.485 e. The number of hydrogen-bond acceptors (Lipinski definition) is 4. The topological polar surface area (TPSA) is 91.6 Å². The Morgan fingerprint density at radius 3 is 2.06 bits per heavy atom. The lowest BCUT2D eigenvalue weighted by molar-refractivity contribution is -0.378. The van der Waals surface area contributed by atoms with Crippen LogP contribution in [0.1, 0.15) is 12.0 Å². The fourth-order valence-corrected chi connectivity index (χ4v) is 0.871. The summed E-state index contributed by atoms with van der Waals surface area (Å²) < 4.78 is 58.9. The molecule has 1 aromatic heterocycles. The van der Waals surface area contributed by atoms with E-state index in [-0.39, 0.29) is 6.61 Å². The minimum atomic E-state index is -6.09. The molecule has 0 amide bonds. The number of hydrogen-bond donors (Lipinski definition) is 1. The summed E-state index contributed by atoms with van der Waals surface area (Å²) in [5, 5.41) is 8.52. The first-order chi connectivity index (χ1) is 8.18. The average molecular weight is 287 g/mol. The van der Waals surface area contributed by atoms with Crippen LogP contribution in [0.25, 0.3) is 0 Å². The van der Waals surface area contributed by atoms with Gasteiger partial charge in [-0.15, -0.1) is 0 Å². The molecule has 2 N–H and O–H groups in total. The third-order valence-electron chi connectivity index (χ3n) is 1.69. The predicted molar refractivity (Wildman–Crippen MR) is 54.2 cm³/mol. The van der Waals surface area contributed by atoms with Crippen LogP contribution in [0, 0.1) is 0 Å². The van der Waals surface area contributed by atoms with Gasteiger partial charge in [0.2, 0.25) is 0 Å². The molecular formula is C9H12F3NO4S. The first kappa shape index (κ1) is 16.8. The van der Waals surface area contributed by atoms with Crippen LogP contribution in [0.5, 0.6) is 0 Å². The molecule has 0 aliphatic rings. The molecule has 18 heavy (non-hydrogen) atoms. The molecule has 0 saturated heterocycles. The molecule has 0 atom stereocenters. The molecule has 1 heterocycles. The first-order valence-corrected chi connectivity index (χ1v) is 6.17. The standard InChI is InChI=1S/C8H11NO.CHF3O3S/c10-7-1-2-8-3-5-9-6-4-8;2-1(3,4)8(5,6)7/h3-6,10H,1-2,7H2;(H,5,6,7). The van der Waals surface area contributed by atoms with E-state index in [1.807, 2.05) is 24.5 Å². The monoisotopic (exact) mass is 287 g/mol. The molecule has 0 aromatic carbocycles. The Labute approximate surface area is 102 Å². The van der Waals surface area contributed by atoms with E-state index in [0.717, 1.165) is 12.8 Å². The number of aliphatic hydroxyl groups is 1. The molecule has 1 rings (SSSR count). The maximum absolute atomic E-state index is 10.7. The van der Waals surface area contributed by atoms with Gasteiger partial charge in [0.25, 0.3) is 0 Å². The highest BCUT2D eigenvalue weighted by atomic mass is 32.2. The van der Waals surface area contributed by atoms with Gasteiger partial charge in [-0.05, 0) is 18.4 Å². The fraction of sp³-hybridized carbons (Fsp3) is 0.444. The number of alkyl halides is 3. The van der Waals surface area contributed by atoms with Crippen molar-refractivity contribution in [3.63, 3.8) is 0 Å². The molecule has 0 radical (unpaired) electrons. The van der Waals surface area contributed by atoms with Gasteiger partial charge in [-0.2, -0.15) is 13.2 Å². The SMILES string of the molecule is O=S(=O)([O-])C(F)(F)F.OCCCc1cc[nH+]cc1. The summed E-state index contributed by atoms with van der Waals surface area (Å²) in [7, 11) is -6.09. The zero-order valence-corrected chi connectivity index (χ0v) is 9.96. The number of rotatable bonds is 3. The lowest BCUT2D eigenvalue weighted by Gasteiger charge is -2.08. The first-order valence-electron chi connectivity index (χ1n) is 4.76. The van der Waals surface area contributed by atoms with Crippen LogP contribution >= 0.6 is 0 Å². The second-order valence-corrected chi connectivity index (χ2v) is 4.51. The highest BCUT2D eigenvalue weighted by molar-refractivity contribution is 7.86. The summed E-state index contributed by atoms with van der Waals surface area (Å²) >= 11 is 0. The van der Waals surface area contributed by atoms with E-state index >= 15 is 0 Å². The molecule has 9 heteroatoms. The Bertz CT molecular complexity index is 433. The Kier molecular flexibility index (Phi) is 6.81. The molecule has 0 aliphatic carbocycles. The fourth-order valence-electron chi connectivity index (χ4n) is 0.871. The summed E-state index contributed by atoms with van der Waals surface area (Å²) in [5.74, 6) is 0. The molecular weight excluding hydrogens is 275 g/mol. The van der Waals surface area contributed by atoms with E-state index < -0.39 is 15.6 Å². The van der Waals surface area contributed by atoms with E-state index in [1.165, 1.54) is 5.56 Å². The zero-order valence-electron chi connectivity index (χ0n) is 9.14. The molecule has 0 fully saturated rings. The van der Waals surface area contributed by atoms with Crippen molar-refractivity contribution in [2.75, 3.05) is 6.61 Å². The summed E-state index contributed by atoms with van der Waals surface area (Å²) in [4.78, 5) is 2.95. The maximum atomic E-state index is 10.7. The molecule has 0 aliphatic heterocycles. The normalized spacial score (nSPS) is 11.6. The molecule has 0 unspecified atom stereocenters. The summed E-state index contributed by atoms with van der Waals surface area (Å²) in [6, 6.07) is 4.05. The van der Waals surface area contributed by atoms with Crippen LogP contribution in [0.3, 0.4) is 0 Å². The zero-order chi connectivity index (χ0) is 14.2. The van der Waals surface area contributed by atoms with Gasteiger partial charge >= 0.3 is 5.51 Å². The second-order valence-electron chi connectivity index (χ2n) is 3.14. The van der Waals surface area contributed by atoms with Crippen LogP contribution in [-0.2, 0) is 16.5 Å². The number of aliphatic hydroxyl groups excluding tert-OH is 1. The number of halogens is 3. The highest BCUT2D eigenvalue weighted by Gasteiger charge is 2.36. The third-order valence-corrected chi connectivity index (χ3v) is 2.26. The van der Waals surface area contributed by atoms with Crippen LogP contribution in [0.15, 0.2) is 24.5 Å². The quantitative estimate of drug-likeness (QED) is 0.646. The van der Waals surface area contributed by atoms with E-state index in [4.69, 9.17) is 18.1 Å². The van der Waals surface area contributed by atoms with Crippen molar-refractivity contribution in [1.29, 1.82) is 0 Å². The minimum absolute atomic E-state index is 0.276. The average Bonchev–Trinajstić information content (AvgIpc) is 2.26. The molecule has 0 spiro atoms. The number of H-pyrrole nitrogens is 1. The molecule has 1 aromatic rings. The number of pyridine rings is 1. The molecule has 0 bridgehead atoms. The van der Waals surface area contributed by atoms with Crippen molar-refractivity contribution in [1.82, 2.24) is 0 Å². The van der Waals surface area contributed by atoms with Crippen LogP contribution in [0.4, 0.5) is 13.2 Å². The number of nitrogens with one attached hydrogen (secondary N) is 1. The maximum Gasteiger partial charge on any atom is 0.485 e. The van der Waals surface area contributed by atoms with Crippen LogP contribution < -0.4 is 4.98 Å². The van der Waals surface area contributed by atoms with E-state index in [2.05, 4.69) is 4.98 Å². The van der Waals surface area contributed by atoms with Crippen molar-refractivity contribution in [3.8, 4) is 0 Å². The van der Waals surface area contributed by atoms with Gasteiger partial charge in [0.15, 0.2) is 22.5 Å². The summed E-state index contributed by atoms with van der Waals surface area (Å²) in [5.41, 5.74) is -4.37. The predicted octanol–water partition coefficient (Wildman–Crippen LogP) is 0.477. The van der Waals surface area contributed by atoms with E-state index in [1.54, 1.807) is 0 Å². The second kappa shape index (κ2) is 7.29. The number of aryl methyl sites for hydroxylation is 1. The third kappa shape index (κ3) is 7.20. The number of aromatic amines is 1. The van der Waals surface area contributed by atoms with Crippen molar-refractivity contribution >= 4 is 10.1 Å². The minimum Gasteiger partial charge on any atom is -0.741 e. The van der Waals surface area contributed by atoms with E-state index in [0.29, 0.717) is 0 Å². The summed E-state index contributed by atoms with van der Waals surface area (Å²) in [6.07, 6.45) is 5.61. The van der Waals surface area contributed by atoms with Crippen molar-refractivity contribution in [3.05, 3.63) is 30.1 Å². The Balaban J connectivity index is 0.000000331. The highest BCUT2D eigenvalue weighted by Crippen LogP contribution is 2.20. The Hall–Kier alpha value is -1.19. The van der Waals surface area contributed by atoms with Gasteiger partial charge in [0.1, 0.15) is 0 Å². The van der Waals surface area contributed by atoms with Gasteiger partial charge in [-0.25, -0.2) is 13.4 Å². The van der Waals surface area contributed by atoms with E-state index in [9.17, 15) is 13.2 Å². The number of aromatic nitrogens is 1. The molecule has 5 nitrogen and oxygen atoms in total. The van der Waals surface area contributed by atoms with Gasteiger partial charge in [0, 0.05) is 18.7 Å². The Morgan fingerprint density at radius 1 is 1.28 bits per heavy atom. The van der Waals surface area contributed by atoms with Crippen molar-refractivity contribution in [2.45, 2.75) is 18.3 Å². The van der Waals surface area contributed by atoms with Gasteiger partial charge in [0.05, 0.1) is 0 Å². The largest absolute Gasteiger partial charge is 0.741 e.